The summed E-state index contributed by atoms with van der Waals surface area (Å²) in [7, 11) is 1.67. The Morgan fingerprint density at radius 2 is 1.86 bits per heavy atom. The van der Waals surface area contributed by atoms with Crippen molar-refractivity contribution in [3.63, 3.8) is 0 Å². The number of nitriles is 1. The number of nitrogens with one attached hydrogen (secondary N) is 1. The third-order valence-electron chi connectivity index (χ3n) is 6.96. The van der Waals surface area contributed by atoms with Gasteiger partial charge in [0.2, 0.25) is 5.91 Å². The average Bonchev–Trinajstić information content (AvgIpc) is 3.41. The molecule has 8 heteroatoms. The van der Waals surface area contributed by atoms with E-state index in [0.717, 1.165) is 33.4 Å². The lowest BCUT2D eigenvalue weighted by Gasteiger charge is -2.34. The summed E-state index contributed by atoms with van der Waals surface area (Å²) in [5.41, 5.74) is 4.99. The van der Waals surface area contributed by atoms with Crippen LogP contribution >= 0.6 is 0 Å². The summed E-state index contributed by atoms with van der Waals surface area (Å²) in [6.07, 6.45) is 3.88. The summed E-state index contributed by atoms with van der Waals surface area (Å²) in [6.45, 7) is 8.37. The summed E-state index contributed by atoms with van der Waals surface area (Å²) >= 11 is 0. The first kappa shape index (κ1) is 25.3. The van der Waals surface area contributed by atoms with Gasteiger partial charge in [-0.25, -0.2) is 0 Å². The Kier molecular flexibility index (Phi) is 7.61. The fourth-order valence-corrected chi connectivity index (χ4v) is 5.12. The Morgan fingerprint density at radius 1 is 1.17 bits per heavy atom. The quantitative estimate of drug-likeness (QED) is 0.407. The number of H-pyrrole nitrogens is 1. The Hall–Kier alpha value is -3.83. The molecule has 1 N–H and O–H groups in total. The number of methoxy groups -OCH3 is 1. The monoisotopic (exact) mass is 487 g/mol. The van der Waals surface area contributed by atoms with Gasteiger partial charge >= 0.3 is 0 Å². The summed E-state index contributed by atoms with van der Waals surface area (Å²) < 4.78 is 7.45. The van der Waals surface area contributed by atoms with E-state index in [1.54, 1.807) is 23.0 Å². The van der Waals surface area contributed by atoms with Crippen LogP contribution in [0.1, 0.15) is 35.5 Å². The van der Waals surface area contributed by atoms with Gasteiger partial charge in [-0.3, -0.25) is 9.59 Å². The first-order chi connectivity index (χ1) is 17.3. The van der Waals surface area contributed by atoms with Crippen LogP contribution in [0.4, 0.5) is 0 Å². The molecule has 0 radical (unpaired) electrons. The fourth-order valence-electron chi connectivity index (χ4n) is 5.12. The van der Waals surface area contributed by atoms with Gasteiger partial charge in [-0.15, -0.1) is 0 Å². The van der Waals surface area contributed by atoms with E-state index in [1.165, 1.54) is 0 Å². The minimum atomic E-state index is -0.295. The number of nitrogens with zero attached hydrogens (tertiary/aromatic N) is 4. The second kappa shape index (κ2) is 10.8. The van der Waals surface area contributed by atoms with Crippen LogP contribution in [0.15, 0.2) is 42.1 Å². The lowest BCUT2D eigenvalue weighted by Crippen LogP contribution is -2.51. The van der Waals surface area contributed by atoms with E-state index in [-0.39, 0.29) is 23.4 Å². The van der Waals surface area contributed by atoms with Gasteiger partial charge < -0.3 is 24.1 Å². The number of amides is 2. The van der Waals surface area contributed by atoms with E-state index in [0.29, 0.717) is 39.2 Å². The molecule has 1 aliphatic rings. The van der Waals surface area contributed by atoms with Crippen molar-refractivity contribution in [2.24, 2.45) is 0 Å². The van der Waals surface area contributed by atoms with Gasteiger partial charge in [-0.1, -0.05) is 18.2 Å². The number of hydrogen-bond acceptors (Lipinski definition) is 4. The largest absolute Gasteiger partial charge is 0.383 e. The molecular formula is C28H33N5O3. The second-order valence-electron chi connectivity index (χ2n) is 9.38. The highest BCUT2D eigenvalue weighted by atomic mass is 16.5. The molecule has 188 valence electrons. The van der Waals surface area contributed by atoms with E-state index in [2.05, 4.69) is 22.5 Å². The number of piperazine rings is 1. The molecule has 2 amide bonds. The van der Waals surface area contributed by atoms with Crippen molar-refractivity contribution in [3.8, 4) is 6.07 Å². The number of carbonyl (C=O) groups excluding carboxylic acids is 2. The zero-order chi connectivity index (χ0) is 25.8. The average molecular weight is 488 g/mol. The van der Waals surface area contributed by atoms with Gasteiger partial charge in [-0.05, 0) is 50.1 Å². The van der Waals surface area contributed by atoms with E-state index < -0.39 is 0 Å². The smallest absolute Gasteiger partial charge is 0.264 e. The predicted octanol–water partition coefficient (Wildman–Crippen LogP) is 3.61. The van der Waals surface area contributed by atoms with Crippen molar-refractivity contribution in [3.05, 3.63) is 64.6 Å². The van der Waals surface area contributed by atoms with Crippen molar-refractivity contribution in [2.45, 2.75) is 33.2 Å². The molecule has 3 aromatic rings. The number of fused-ring (bicyclic) bond motifs is 1. The van der Waals surface area contributed by atoms with Crippen LogP contribution < -0.4 is 0 Å². The van der Waals surface area contributed by atoms with Gasteiger partial charge in [-0.2, -0.15) is 5.26 Å². The first-order valence-corrected chi connectivity index (χ1v) is 12.2. The number of aromatic nitrogens is 2. The van der Waals surface area contributed by atoms with Crippen molar-refractivity contribution in [1.82, 2.24) is 19.4 Å². The molecule has 1 aliphatic heterocycles. The minimum Gasteiger partial charge on any atom is -0.383 e. The molecule has 1 saturated heterocycles. The third-order valence-corrected chi connectivity index (χ3v) is 6.96. The Labute approximate surface area is 211 Å². The van der Waals surface area contributed by atoms with Gasteiger partial charge in [0.25, 0.3) is 5.91 Å². The van der Waals surface area contributed by atoms with Crippen LogP contribution in [0.3, 0.4) is 0 Å². The molecular weight excluding hydrogens is 454 g/mol. The molecule has 0 spiro atoms. The maximum atomic E-state index is 13.2. The molecule has 0 saturated carbocycles. The van der Waals surface area contributed by atoms with Crippen molar-refractivity contribution < 1.29 is 14.3 Å². The number of hydrogen-bond donors (Lipinski definition) is 1. The molecule has 2 aromatic heterocycles. The van der Waals surface area contributed by atoms with E-state index in [9.17, 15) is 14.9 Å². The number of aryl methyl sites for hydroxylation is 1. The number of aromatic amines is 1. The van der Waals surface area contributed by atoms with Gasteiger partial charge in [0.05, 0.1) is 19.1 Å². The molecule has 8 nitrogen and oxygen atoms in total. The van der Waals surface area contributed by atoms with Crippen LogP contribution in [-0.4, -0.2) is 71.1 Å². The lowest BCUT2D eigenvalue weighted by atomic mass is 10.1. The normalized spacial score (nSPS) is 15.2. The summed E-state index contributed by atoms with van der Waals surface area (Å²) in [5.74, 6) is -0.253. The minimum absolute atomic E-state index is 0.0421. The maximum absolute atomic E-state index is 13.2. The SMILES string of the molecule is COCC(C)n1c(C)cc(/C=C(\C#N)C(=O)N2CCN(C(=O)Cc3c[nH]c4ccccc34)CC2)c1C. The van der Waals surface area contributed by atoms with Gasteiger partial charge in [0.1, 0.15) is 11.6 Å². The third kappa shape index (κ3) is 5.07. The fraction of sp³-hybridized carbons (Fsp3) is 0.393. The predicted molar refractivity (Wildman–Crippen MR) is 139 cm³/mol. The molecule has 1 atom stereocenters. The van der Waals surface area contributed by atoms with Crippen LogP contribution in [0, 0.1) is 25.2 Å². The molecule has 4 rings (SSSR count). The Morgan fingerprint density at radius 3 is 2.56 bits per heavy atom. The second-order valence-corrected chi connectivity index (χ2v) is 9.38. The highest BCUT2D eigenvalue weighted by molar-refractivity contribution is 6.02. The number of ether oxygens (including phenoxy) is 1. The molecule has 1 unspecified atom stereocenters. The van der Waals surface area contributed by atoms with Crippen LogP contribution in [0.25, 0.3) is 17.0 Å². The van der Waals surface area contributed by atoms with Crippen molar-refractivity contribution >= 4 is 28.8 Å². The number of para-hydroxylation sites is 1. The standard InChI is InChI=1S/C28H33N5O3/c1-19-13-22(21(3)33(19)20(2)18-36-4)14-23(16-29)28(35)32-11-9-31(10-12-32)27(34)15-24-17-30-26-8-6-5-7-25(24)26/h5-8,13-14,17,20,30H,9-12,15,18H2,1-4H3/b23-14+. The summed E-state index contributed by atoms with van der Waals surface area (Å²) in [4.78, 5) is 32.7. The number of carbonyl (C=O) groups is 2. The molecule has 1 aromatic carbocycles. The first-order valence-electron chi connectivity index (χ1n) is 12.2. The van der Waals surface area contributed by atoms with Crippen molar-refractivity contribution in [1.29, 1.82) is 5.26 Å². The molecule has 0 bridgehead atoms. The summed E-state index contributed by atoms with van der Waals surface area (Å²) in [5, 5.41) is 10.8. The van der Waals surface area contributed by atoms with Crippen molar-refractivity contribution in [2.75, 3.05) is 39.9 Å². The lowest BCUT2D eigenvalue weighted by molar-refractivity contribution is -0.137. The number of rotatable bonds is 7. The van der Waals surface area contributed by atoms with Crippen LogP contribution in [0.2, 0.25) is 0 Å². The van der Waals surface area contributed by atoms with Gasteiger partial charge in [0.15, 0.2) is 0 Å². The Bertz CT molecular complexity index is 1330. The maximum Gasteiger partial charge on any atom is 0.264 e. The molecule has 3 heterocycles. The van der Waals surface area contributed by atoms with Gasteiger partial charge in [0, 0.05) is 61.8 Å². The summed E-state index contributed by atoms with van der Waals surface area (Å²) in [6, 6.07) is 12.2. The Balaban J connectivity index is 1.40. The topological polar surface area (TPSA) is 94.4 Å². The molecule has 0 aliphatic carbocycles. The molecule has 1 fully saturated rings. The van der Waals surface area contributed by atoms with E-state index >= 15 is 0 Å². The zero-order valence-corrected chi connectivity index (χ0v) is 21.4. The van der Waals surface area contributed by atoms with E-state index in [4.69, 9.17) is 4.74 Å². The molecule has 36 heavy (non-hydrogen) atoms. The highest BCUT2D eigenvalue weighted by Crippen LogP contribution is 2.24. The highest BCUT2D eigenvalue weighted by Gasteiger charge is 2.27. The van der Waals surface area contributed by atoms with E-state index in [1.807, 2.05) is 50.4 Å². The van der Waals surface area contributed by atoms with Crippen LogP contribution in [-0.2, 0) is 20.7 Å². The number of benzene rings is 1. The van der Waals surface area contributed by atoms with Crippen LogP contribution in [0.5, 0.6) is 0 Å². The zero-order valence-electron chi connectivity index (χ0n) is 21.4.